The van der Waals surface area contributed by atoms with E-state index in [1.165, 1.54) is 0 Å². The zero-order valence-corrected chi connectivity index (χ0v) is 30.8. The number of nitrogens with zero attached hydrogens (tertiary/aromatic N) is 1. The van der Waals surface area contributed by atoms with Gasteiger partial charge in [0.25, 0.3) is 5.91 Å². The third-order valence-electron chi connectivity index (χ3n) is 7.66. The number of hydrogen-bond donors (Lipinski definition) is 2. The van der Waals surface area contributed by atoms with Gasteiger partial charge in [0.05, 0.1) is 37.7 Å². The highest BCUT2D eigenvalue weighted by Crippen LogP contribution is 2.46. The molecular formula is C36H41N3O13S. The summed E-state index contributed by atoms with van der Waals surface area (Å²) >= 11 is 0.899. The highest BCUT2D eigenvalue weighted by atomic mass is 32.2. The Morgan fingerprint density at radius 3 is 2.09 bits per heavy atom. The van der Waals surface area contributed by atoms with Crippen LogP contribution in [0.4, 0.5) is 0 Å². The fourth-order valence-corrected chi connectivity index (χ4v) is 6.68. The lowest BCUT2D eigenvalue weighted by atomic mass is 9.89. The maximum Gasteiger partial charge on any atom is 0.349 e. The maximum atomic E-state index is 13.7. The van der Waals surface area contributed by atoms with E-state index in [2.05, 4.69) is 10.6 Å². The zero-order valence-electron chi connectivity index (χ0n) is 30.0. The van der Waals surface area contributed by atoms with E-state index in [4.69, 9.17) is 33.7 Å². The van der Waals surface area contributed by atoms with E-state index < -0.39 is 96.6 Å². The second kappa shape index (κ2) is 19.4. The predicted molar refractivity (Wildman–Crippen MR) is 184 cm³/mol. The van der Waals surface area contributed by atoms with Crippen LogP contribution in [0.25, 0.3) is 0 Å². The van der Waals surface area contributed by atoms with E-state index in [9.17, 15) is 33.6 Å². The summed E-state index contributed by atoms with van der Waals surface area (Å²) in [6, 6.07) is 13.8. The fraction of sp³-hybridized carbons (Fsp3) is 0.444. The maximum absolute atomic E-state index is 13.7. The third-order valence-corrected chi connectivity index (χ3v) is 8.93. The van der Waals surface area contributed by atoms with Crippen molar-refractivity contribution in [2.24, 2.45) is 0 Å². The number of benzene rings is 2. The van der Waals surface area contributed by atoms with Crippen LogP contribution in [0.15, 0.2) is 53.4 Å². The molecule has 0 radical (unpaired) electrons. The molecule has 17 heteroatoms. The second-order valence-corrected chi connectivity index (χ2v) is 13.3. The van der Waals surface area contributed by atoms with Crippen molar-refractivity contribution >= 4 is 53.4 Å². The van der Waals surface area contributed by atoms with Crippen LogP contribution in [-0.2, 0) is 68.4 Å². The Bertz CT molecular complexity index is 1710. The summed E-state index contributed by atoms with van der Waals surface area (Å²) < 4.78 is 33.5. The van der Waals surface area contributed by atoms with Gasteiger partial charge in [0.15, 0.2) is 18.8 Å². The lowest BCUT2D eigenvalue weighted by Crippen LogP contribution is -2.68. The molecule has 6 atom stereocenters. The van der Waals surface area contributed by atoms with Gasteiger partial charge in [0, 0.05) is 39.0 Å². The molecule has 16 nitrogen and oxygen atoms in total. The average molecular weight is 756 g/mol. The molecule has 0 saturated carbocycles. The summed E-state index contributed by atoms with van der Waals surface area (Å²) in [5, 5.41) is 14.3. The molecule has 0 bridgehead atoms. The molecule has 2 N–H and O–H groups in total. The molecule has 3 rings (SSSR count). The Morgan fingerprint density at radius 1 is 0.906 bits per heavy atom. The first-order valence-corrected chi connectivity index (χ1v) is 17.1. The Hall–Kier alpha value is -5.47. The number of esters is 5. The summed E-state index contributed by atoms with van der Waals surface area (Å²) in [5.41, 5.74) is 1.87. The van der Waals surface area contributed by atoms with E-state index in [1.807, 2.05) is 13.0 Å². The van der Waals surface area contributed by atoms with Gasteiger partial charge in [-0.3, -0.25) is 28.8 Å². The molecule has 0 aromatic heterocycles. The SMILES string of the molecule is COC(=O)[C@]1(Sc2ccc(C)cc2)C[C@H](OC(C)=O)[C@@H](NC(=O)COC(C)=O)[C@H]([C@H](OC(C)=O)[C@@H](CNC(=O)Cc2ccc(C#N)cc2)OC(C)=O)O1. The van der Waals surface area contributed by atoms with Crippen LogP contribution >= 0.6 is 11.8 Å². The molecule has 53 heavy (non-hydrogen) atoms. The molecule has 0 aliphatic carbocycles. The molecule has 1 aliphatic heterocycles. The van der Waals surface area contributed by atoms with Gasteiger partial charge >= 0.3 is 29.8 Å². The van der Waals surface area contributed by atoms with E-state index in [-0.39, 0.29) is 6.42 Å². The summed E-state index contributed by atoms with van der Waals surface area (Å²) in [6.45, 7) is 4.95. The van der Waals surface area contributed by atoms with Crippen molar-refractivity contribution in [3.63, 3.8) is 0 Å². The number of nitrogens with one attached hydrogen (secondary N) is 2. The van der Waals surface area contributed by atoms with Crippen LogP contribution < -0.4 is 10.6 Å². The quantitative estimate of drug-likeness (QED) is 0.195. The van der Waals surface area contributed by atoms with E-state index in [0.29, 0.717) is 16.0 Å². The standard InChI is InChI=1S/C36H41N3O13S/c1-20-7-13-27(14-8-20)53-36(35(46)47-6)16-28(49-22(3)41)32(39-31(45)19-48-21(2)40)34(52-36)33(51-24(5)43)29(50-23(4)42)18-38-30(44)15-25-9-11-26(17-37)12-10-25/h7-14,28-29,32-34H,15-16,18-19H2,1-6H3,(H,38,44)(H,39,45)/t28-,29+,32+,33+,34+,36+/m0/s1. The fourth-order valence-electron chi connectivity index (χ4n) is 5.45. The first-order chi connectivity index (χ1) is 25.0. The monoisotopic (exact) mass is 755 g/mol. The van der Waals surface area contributed by atoms with Gasteiger partial charge in [-0.15, -0.1) is 0 Å². The van der Waals surface area contributed by atoms with E-state index >= 15 is 0 Å². The van der Waals surface area contributed by atoms with Crippen LogP contribution in [0, 0.1) is 18.3 Å². The largest absolute Gasteiger partial charge is 0.466 e. The minimum Gasteiger partial charge on any atom is -0.466 e. The predicted octanol–water partition coefficient (Wildman–Crippen LogP) is 1.82. The number of nitriles is 1. The van der Waals surface area contributed by atoms with Gasteiger partial charge < -0.3 is 39.1 Å². The number of rotatable bonds is 15. The molecule has 0 spiro atoms. The molecule has 1 fully saturated rings. The smallest absolute Gasteiger partial charge is 0.349 e. The zero-order chi connectivity index (χ0) is 39.3. The molecule has 1 saturated heterocycles. The van der Waals surface area contributed by atoms with Gasteiger partial charge in [-0.05, 0) is 36.8 Å². The Morgan fingerprint density at radius 2 is 1.55 bits per heavy atom. The van der Waals surface area contributed by atoms with Crippen LogP contribution in [0.5, 0.6) is 0 Å². The van der Waals surface area contributed by atoms with Gasteiger partial charge in [0.1, 0.15) is 12.2 Å². The third kappa shape index (κ3) is 12.6. The summed E-state index contributed by atoms with van der Waals surface area (Å²) in [5.74, 6) is -5.70. The van der Waals surface area contributed by atoms with Gasteiger partial charge in [-0.2, -0.15) is 5.26 Å². The van der Waals surface area contributed by atoms with Gasteiger partial charge in [0.2, 0.25) is 10.8 Å². The summed E-state index contributed by atoms with van der Waals surface area (Å²) in [6.07, 6.45) is -6.79. The van der Waals surface area contributed by atoms with Crippen LogP contribution in [0.2, 0.25) is 0 Å². The van der Waals surface area contributed by atoms with Crippen molar-refractivity contribution in [2.75, 3.05) is 20.3 Å². The van der Waals surface area contributed by atoms with Crippen molar-refractivity contribution in [3.8, 4) is 6.07 Å². The Balaban J connectivity index is 2.14. The molecule has 284 valence electrons. The topological polar surface area (TPSA) is 223 Å². The highest BCUT2D eigenvalue weighted by Gasteiger charge is 2.59. The first-order valence-electron chi connectivity index (χ1n) is 16.3. The first kappa shape index (κ1) is 41.9. The number of amides is 2. The normalized spacial score (nSPS) is 20.3. The van der Waals surface area contributed by atoms with Crippen LogP contribution in [0.1, 0.15) is 50.8 Å². The minimum absolute atomic E-state index is 0.140. The minimum atomic E-state index is -2.02. The van der Waals surface area contributed by atoms with Crippen molar-refractivity contribution in [1.29, 1.82) is 5.26 Å². The number of aryl methyl sites for hydroxylation is 1. The van der Waals surface area contributed by atoms with Gasteiger partial charge in [-0.1, -0.05) is 41.6 Å². The molecule has 2 aromatic carbocycles. The number of methoxy groups -OCH3 is 1. The number of hydrogen-bond acceptors (Lipinski definition) is 15. The second-order valence-electron chi connectivity index (χ2n) is 12.0. The molecule has 2 aromatic rings. The molecular weight excluding hydrogens is 714 g/mol. The van der Waals surface area contributed by atoms with Crippen LogP contribution in [0.3, 0.4) is 0 Å². The molecule has 1 heterocycles. The molecule has 1 aliphatic rings. The van der Waals surface area contributed by atoms with Crippen molar-refractivity contribution < 1.29 is 62.0 Å². The Labute approximate surface area is 310 Å². The van der Waals surface area contributed by atoms with Crippen molar-refractivity contribution in [2.45, 2.75) is 87.7 Å². The van der Waals surface area contributed by atoms with Crippen molar-refractivity contribution in [3.05, 3.63) is 65.2 Å². The number of ether oxygens (including phenoxy) is 6. The molecule has 2 amide bonds. The number of carbonyl (C=O) groups is 7. The molecule has 0 unspecified atom stereocenters. The highest BCUT2D eigenvalue weighted by molar-refractivity contribution is 8.01. The average Bonchev–Trinajstić information content (AvgIpc) is 3.09. The van der Waals surface area contributed by atoms with Crippen LogP contribution in [-0.4, -0.2) is 97.3 Å². The van der Waals surface area contributed by atoms with E-state index in [1.54, 1.807) is 48.5 Å². The lowest BCUT2D eigenvalue weighted by Gasteiger charge is -2.48. The summed E-state index contributed by atoms with van der Waals surface area (Å²) in [7, 11) is 1.11. The Kier molecular flexibility index (Phi) is 15.3. The number of thioether (sulfide) groups is 1. The number of carbonyl (C=O) groups excluding carboxylic acids is 7. The van der Waals surface area contributed by atoms with Crippen molar-refractivity contribution in [1.82, 2.24) is 10.6 Å². The summed E-state index contributed by atoms with van der Waals surface area (Å²) in [4.78, 5) is 87.6. The van der Waals surface area contributed by atoms with E-state index in [0.717, 1.165) is 52.1 Å². The van der Waals surface area contributed by atoms with Gasteiger partial charge in [-0.25, -0.2) is 4.79 Å². The lowest BCUT2D eigenvalue weighted by molar-refractivity contribution is -0.221.